The Morgan fingerprint density at radius 1 is 1.20 bits per heavy atom. The molecule has 1 aromatic carbocycles. The number of nitrogens with zero attached hydrogens (tertiary/aromatic N) is 3. The van der Waals surface area contributed by atoms with Crippen molar-refractivity contribution in [3.63, 3.8) is 0 Å². The van der Waals surface area contributed by atoms with Crippen LogP contribution in [0.1, 0.15) is 60.8 Å². The van der Waals surface area contributed by atoms with Crippen molar-refractivity contribution >= 4 is 28.6 Å². The molecule has 0 unspecified atom stereocenters. The number of rotatable bonds is 4. The Balaban J connectivity index is 1.30. The second kappa shape index (κ2) is 8.14. The van der Waals surface area contributed by atoms with E-state index in [2.05, 4.69) is 47.7 Å². The molecule has 1 N–H and O–H groups in total. The molecule has 5 rings (SSSR count). The zero-order valence-corrected chi connectivity index (χ0v) is 18.7. The molecule has 3 heterocycles. The summed E-state index contributed by atoms with van der Waals surface area (Å²) in [7, 11) is 0. The number of imidazole rings is 1. The van der Waals surface area contributed by atoms with Crippen LogP contribution in [0.15, 0.2) is 29.4 Å². The highest BCUT2D eigenvalue weighted by Crippen LogP contribution is 2.34. The summed E-state index contributed by atoms with van der Waals surface area (Å²) in [6, 6.07) is 8.94. The minimum atomic E-state index is 0.212. The zero-order valence-electron chi connectivity index (χ0n) is 17.9. The normalized spacial score (nSPS) is 17.5. The fourth-order valence-corrected chi connectivity index (χ4v) is 6.13. The van der Waals surface area contributed by atoms with E-state index in [1.165, 1.54) is 60.0 Å². The van der Waals surface area contributed by atoms with Crippen molar-refractivity contribution in [1.82, 2.24) is 19.4 Å². The zero-order chi connectivity index (χ0) is 20.7. The monoisotopic (exact) mass is 422 g/mol. The van der Waals surface area contributed by atoms with E-state index in [0.29, 0.717) is 18.3 Å². The van der Waals surface area contributed by atoms with Crippen LogP contribution in [0.2, 0.25) is 0 Å². The quantitative estimate of drug-likeness (QED) is 0.591. The first-order valence-corrected chi connectivity index (χ1v) is 12.1. The van der Waals surface area contributed by atoms with E-state index in [0.717, 1.165) is 23.8 Å². The average Bonchev–Trinajstić information content (AvgIpc) is 3.29. The van der Waals surface area contributed by atoms with Crippen LogP contribution in [0.3, 0.4) is 0 Å². The molecule has 3 aromatic rings. The predicted molar refractivity (Wildman–Crippen MR) is 122 cm³/mol. The maximum Gasteiger partial charge on any atom is 0.233 e. The molecule has 1 aliphatic heterocycles. The van der Waals surface area contributed by atoms with Crippen molar-refractivity contribution in [2.75, 3.05) is 12.3 Å². The van der Waals surface area contributed by atoms with Gasteiger partial charge in [-0.2, -0.15) is 0 Å². The van der Waals surface area contributed by atoms with E-state index in [1.807, 2.05) is 4.90 Å². The Morgan fingerprint density at radius 2 is 2.00 bits per heavy atom. The third kappa shape index (κ3) is 3.55. The third-order valence-electron chi connectivity index (χ3n) is 6.85. The number of thioether (sulfide) groups is 1. The van der Waals surface area contributed by atoms with Crippen molar-refractivity contribution in [1.29, 1.82) is 0 Å². The summed E-state index contributed by atoms with van der Waals surface area (Å²) < 4.78 is 2.42. The van der Waals surface area contributed by atoms with Crippen LogP contribution in [0.5, 0.6) is 0 Å². The molecule has 0 saturated heterocycles. The van der Waals surface area contributed by atoms with Crippen LogP contribution in [-0.2, 0) is 17.8 Å². The van der Waals surface area contributed by atoms with Gasteiger partial charge >= 0.3 is 0 Å². The lowest BCUT2D eigenvalue weighted by atomic mass is 9.95. The Kier molecular flexibility index (Phi) is 5.35. The molecule has 2 aliphatic rings. The number of hydrogen-bond donors (Lipinski definition) is 1. The van der Waals surface area contributed by atoms with Gasteiger partial charge in [-0.15, -0.1) is 0 Å². The van der Waals surface area contributed by atoms with Crippen molar-refractivity contribution in [3.8, 4) is 0 Å². The minimum Gasteiger partial charge on any atom is -0.358 e. The van der Waals surface area contributed by atoms with Gasteiger partial charge in [-0.3, -0.25) is 4.79 Å². The number of carbonyl (C=O) groups is 1. The first kappa shape index (κ1) is 19.7. The van der Waals surface area contributed by atoms with Crippen molar-refractivity contribution in [2.45, 2.75) is 70.1 Å². The molecule has 1 saturated carbocycles. The number of H-pyrrole nitrogens is 1. The highest BCUT2D eigenvalue weighted by atomic mass is 32.2. The second-order valence-corrected chi connectivity index (χ2v) is 9.65. The Bertz CT molecular complexity index is 1080. The van der Waals surface area contributed by atoms with Gasteiger partial charge in [-0.05, 0) is 32.8 Å². The smallest absolute Gasteiger partial charge is 0.233 e. The summed E-state index contributed by atoms with van der Waals surface area (Å²) in [5.41, 5.74) is 6.10. The molecule has 1 aliphatic carbocycles. The molecule has 0 atom stereocenters. The van der Waals surface area contributed by atoms with Gasteiger partial charge in [0.05, 0.1) is 11.4 Å². The van der Waals surface area contributed by atoms with Crippen molar-refractivity contribution < 1.29 is 4.79 Å². The number of aromatic amines is 1. The van der Waals surface area contributed by atoms with Crippen molar-refractivity contribution in [3.05, 3.63) is 46.9 Å². The number of carbonyl (C=O) groups excluding carboxylic acids is 1. The van der Waals surface area contributed by atoms with E-state index in [9.17, 15) is 4.79 Å². The van der Waals surface area contributed by atoms with Crippen LogP contribution in [-0.4, -0.2) is 37.6 Å². The number of fused-ring (bicyclic) bond motifs is 3. The molecule has 0 bridgehead atoms. The lowest BCUT2D eigenvalue weighted by Crippen LogP contribution is -2.37. The molecule has 1 amide bonds. The number of amides is 1. The third-order valence-corrected chi connectivity index (χ3v) is 7.79. The number of aromatic nitrogens is 3. The summed E-state index contributed by atoms with van der Waals surface area (Å²) in [5.74, 6) is 0.671. The maximum atomic E-state index is 13.1. The van der Waals surface area contributed by atoms with Crippen LogP contribution >= 0.6 is 11.8 Å². The fraction of sp³-hybridized carbons (Fsp3) is 0.500. The molecule has 30 heavy (non-hydrogen) atoms. The largest absolute Gasteiger partial charge is 0.358 e. The lowest BCUT2D eigenvalue weighted by Gasteiger charge is -2.28. The van der Waals surface area contributed by atoms with Gasteiger partial charge in [-0.25, -0.2) is 4.98 Å². The van der Waals surface area contributed by atoms with Gasteiger partial charge in [0.15, 0.2) is 5.16 Å². The molecule has 0 spiro atoms. The molecule has 158 valence electrons. The highest BCUT2D eigenvalue weighted by Gasteiger charge is 2.26. The summed E-state index contributed by atoms with van der Waals surface area (Å²) in [6.07, 6.45) is 7.29. The van der Waals surface area contributed by atoms with Gasteiger partial charge in [0.2, 0.25) is 5.91 Å². The van der Waals surface area contributed by atoms with Crippen LogP contribution in [0, 0.1) is 13.8 Å². The van der Waals surface area contributed by atoms with Gasteiger partial charge in [-0.1, -0.05) is 49.2 Å². The fourth-order valence-electron chi connectivity index (χ4n) is 5.06. The number of nitrogens with one attached hydrogen (secondary N) is 1. The minimum absolute atomic E-state index is 0.212. The highest BCUT2D eigenvalue weighted by molar-refractivity contribution is 7.99. The van der Waals surface area contributed by atoms with Gasteiger partial charge in [0, 0.05) is 53.4 Å². The SMILES string of the molecule is Cc1nc(SCC(=O)N2CCc3[nH]c4ccccc4c3C2)n(C2CCCCC2)c1C. The predicted octanol–water partition coefficient (Wildman–Crippen LogP) is 5.16. The van der Waals surface area contributed by atoms with E-state index in [1.54, 1.807) is 11.8 Å². The van der Waals surface area contributed by atoms with Crippen LogP contribution < -0.4 is 0 Å². The summed E-state index contributed by atoms with van der Waals surface area (Å²) in [6.45, 7) is 5.75. The molecule has 0 radical (unpaired) electrons. The van der Waals surface area contributed by atoms with E-state index in [-0.39, 0.29) is 5.91 Å². The van der Waals surface area contributed by atoms with Crippen molar-refractivity contribution in [2.24, 2.45) is 0 Å². The Morgan fingerprint density at radius 3 is 2.83 bits per heavy atom. The van der Waals surface area contributed by atoms with E-state index in [4.69, 9.17) is 4.98 Å². The average molecular weight is 423 g/mol. The number of para-hydroxylation sites is 1. The van der Waals surface area contributed by atoms with E-state index < -0.39 is 0 Å². The standard InChI is InChI=1S/C24H30N4OS/c1-16-17(2)28(18-8-4-3-5-9-18)24(25-16)30-15-23(29)27-13-12-22-20(14-27)19-10-6-7-11-21(19)26-22/h6-7,10-11,18,26H,3-5,8-9,12-15H2,1-2H3. The molecule has 6 heteroatoms. The number of aryl methyl sites for hydroxylation is 1. The topological polar surface area (TPSA) is 53.9 Å². The number of hydrogen-bond acceptors (Lipinski definition) is 3. The molecule has 1 fully saturated rings. The van der Waals surface area contributed by atoms with Crippen LogP contribution in [0.4, 0.5) is 0 Å². The number of benzene rings is 1. The first-order chi connectivity index (χ1) is 14.6. The summed E-state index contributed by atoms with van der Waals surface area (Å²) in [4.78, 5) is 23.4. The molecule has 2 aromatic heterocycles. The van der Waals surface area contributed by atoms with Gasteiger partial charge in [0.25, 0.3) is 0 Å². The molecular formula is C24H30N4OS. The summed E-state index contributed by atoms with van der Waals surface area (Å²) in [5, 5.41) is 2.27. The Hall–Kier alpha value is -2.21. The maximum absolute atomic E-state index is 13.1. The first-order valence-electron chi connectivity index (χ1n) is 11.2. The lowest BCUT2D eigenvalue weighted by molar-refractivity contribution is -0.129. The van der Waals surface area contributed by atoms with Gasteiger partial charge < -0.3 is 14.5 Å². The molecular weight excluding hydrogens is 392 g/mol. The summed E-state index contributed by atoms with van der Waals surface area (Å²) >= 11 is 1.62. The Labute approximate surface area is 182 Å². The van der Waals surface area contributed by atoms with E-state index >= 15 is 0 Å². The molecule has 5 nitrogen and oxygen atoms in total. The van der Waals surface area contributed by atoms with Crippen LogP contribution in [0.25, 0.3) is 10.9 Å². The van der Waals surface area contributed by atoms with Gasteiger partial charge in [0.1, 0.15) is 0 Å². The second-order valence-electron chi connectivity index (χ2n) is 8.71.